The van der Waals surface area contributed by atoms with Crippen molar-refractivity contribution >= 4 is 23.3 Å². The number of aryl methyl sites for hydroxylation is 1. The molecule has 1 amide bonds. The number of nitro groups is 1. The van der Waals surface area contributed by atoms with E-state index in [0.717, 1.165) is 12.3 Å². The molecular weight excluding hydrogens is 278 g/mol. The number of nitrogens with zero attached hydrogens (tertiary/aromatic N) is 1. The summed E-state index contributed by atoms with van der Waals surface area (Å²) in [6.07, 6.45) is 1.11. The molecule has 21 heavy (non-hydrogen) atoms. The van der Waals surface area contributed by atoms with E-state index in [4.69, 9.17) is 5.11 Å². The highest BCUT2D eigenvalue weighted by molar-refractivity contribution is 6.04. The third kappa shape index (κ3) is 3.06. The van der Waals surface area contributed by atoms with Crippen molar-refractivity contribution in [3.63, 3.8) is 0 Å². The zero-order chi connectivity index (χ0) is 15.6. The molecule has 3 N–H and O–H groups in total. The van der Waals surface area contributed by atoms with Gasteiger partial charge < -0.3 is 15.4 Å². The van der Waals surface area contributed by atoms with Crippen LogP contribution < -0.4 is 5.32 Å². The first-order chi connectivity index (χ1) is 9.88. The van der Waals surface area contributed by atoms with E-state index in [1.807, 2.05) is 0 Å². The SMILES string of the molecule is Cc1ccc(C(=O)O)cc1NC(=O)c1cc([N+](=O)[O-])c[nH]1. The van der Waals surface area contributed by atoms with E-state index in [2.05, 4.69) is 10.3 Å². The highest BCUT2D eigenvalue weighted by Gasteiger charge is 2.16. The lowest BCUT2D eigenvalue weighted by atomic mass is 10.1. The Kier molecular flexibility index (Phi) is 3.70. The van der Waals surface area contributed by atoms with Crippen LogP contribution in [0.5, 0.6) is 0 Å². The Morgan fingerprint density at radius 1 is 1.33 bits per heavy atom. The van der Waals surface area contributed by atoms with Gasteiger partial charge in [0.2, 0.25) is 0 Å². The monoisotopic (exact) mass is 289 g/mol. The summed E-state index contributed by atoms with van der Waals surface area (Å²) < 4.78 is 0. The third-order valence-corrected chi connectivity index (χ3v) is 2.86. The van der Waals surface area contributed by atoms with E-state index in [-0.39, 0.29) is 16.9 Å². The molecule has 0 aliphatic carbocycles. The Hall–Kier alpha value is -3.16. The average molecular weight is 289 g/mol. The van der Waals surface area contributed by atoms with Gasteiger partial charge >= 0.3 is 5.97 Å². The minimum absolute atomic E-state index is 0.0156. The summed E-state index contributed by atoms with van der Waals surface area (Å²) in [6.45, 7) is 1.71. The number of hydrogen-bond acceptors (Lipinski definition) is 4. The lowest BCUT2D eigenvalue weighted by Crippen LogP contribution is -2.13. The smallest absolute Gasteiger partial charge is 0.335 e. The molecule has 108 valence electrons. The highest BCUT2D eigenvalue weighted by Crippen LogP contribution is 2.19. The van der Waals surface area contributed by atoms with Crippen LogP contribution in [0, 0.1) is 17.0 Å². The summed E-state index contributed by atoms with van der Waals surface area (Å²) in [6, 6.07) is 5.42. The largest absolute Gasteiger partial charge is 0.478 e. The van der Waals surface area contributed by atoms with Gasteiger partial charge in [-0.25, -0.2) is 4.79 Å². The van der Waals surface area contributed by atoms with Crippen molar-refractivity contribution in [2.75, 3.05) is 5.32 Å². The van der Waals surface area contributed by atoms with E-state index in [9.17, 15) is 19.7 Å². The predicted octanol–water partition coefficient (Wildman–Crippen LogP) is 2.18. The molecule has 0 unspecified atom stereocenters. The molecule has 0 spiro atoms. The number of benzene rings is 1. The van der Waals surface area contributed by atoms with Gasteiger partial charge in [-0.3, -0.25) is 14.9 Å². The van der Waals surface area contributed by atoms with Crippen molar-refractivity contribution in [3.05, 3.63) is 57.4 Å². The van der Waals surface area contributed by atoms with Crippen molar-refractivity contribution in [3.8, 4) is 0 Å². The first-order valence-electron chi connectivity index (χ1n) is 5.86. The van der Waals surface area contributed by atoms with Gasteiger partial charge in [-0.15, -0.1) is 0 Å². The summed E-state index contributed by atoms with van der Waals surface area (Å²) in [4.78, 5) is 35.3. The third-order valence-electron chi connectivity index (χ3n) is 2.86. The second-order valence-corrected chi connectivity index (χ2v) is 4.32. The fourth-order valence-corrected chi connectivity index (χ4v) is 1.70. The molecule has 0 atom stereocenters. The molecule has 8 heteroatoms. The Bertz CT molecular complexity index is 735. The normalized spacial score (nSPS) is 10.1. The molecular formula is C13H11N3O5. The maximum absolute atomic E-state index is 12.0. The van der Waals surface area contributed by atoms with Crippen molar-refractivity contribution in [1.29, 1.82) is 0 Å². The fraction of sp³-hybridized carbons (Fsp3) is 0.0769. The highest BCUT2D eigenvalue weighted by atomic mass is 16.6. The lowest BCUT2D eigenvalue weighted by molar-refractivity contribution is -0.384. The van der Waals surface area contributed by atoms with Crippen molar-refractivity contribution < 1.29 is 19.6 Å². The predicted molar refractivity (Wildman–Crippen MR) is 73.5 cm³/mol. The number of rotatable bonds is 4. The van der Waals surface area contributed by atoms with Crippen LogP contribution >= 0.6 is 0 Å². The molecule has 1 aromatic heterocycles. The Morgan fingerprint density at radius 3 is 2.62 bits per heavy atom. The van der Waals surface area contributed by atoms with Crippen LogP contribution in [-0.2, 0) is 0 Å². The Balaban J connectivity index is 2.24. The zero-order valence-corrected chi connectivity index (χ0v) is 10.9. The van der Waals surface area contributed by atoms with Crippen LogP contribution in [0.1, 0.15) is 26.4 Å². The van der Waals surface area contributed by atoms with Crippen LogP contribution in [0.15, 0.2) is 30.5 Å². The molecule has 0 aliphatic rings. The number of carbonyl (C=O) groups excluding carboxylic acids is 1. The van der Waals surface area contributed by atoms with Gasteiger partial charge in [0.1, 0.15) is 5.69 Å². The van der Waals surface area contributed by atoms with Crippen LogP contribution in [0.2, 0.25) is 0 Å². The summed E-state index contributed by atoms with van der Waals surface area (Å²) in [5.74, 6) is -1.70. The number of nitrogens with one attached hydrogen (secondary N) is 2. The van der Waals surface area contributed by atoms with E-state index in [1.165, 1.54) is 12.1 Å². The molecule has 1 heterocycles. The summed E-state index contributed by atoms with van der Waals surface area (Å²) >= 11 is 0. The van der Waals surface area contributed by atoms with Crippen LogP contribution in [-0.4, -0.2) is 26.9 Å². The molecule has 1 aromatic carbocycles. The zero-order valence-electron chi connectivity index (χ0n) is 10.9. The maximum Gasteiger partial charge on any atom is 0.335 e. The lowest BCUT2D eigenvalue weighted by Gasteiger charge is -2.08. The number of aromatic carboxylic acids is 1. The number of aromatic amines is 1. The van der Waals surface area contributed by atoms with E-state index >= 15 is 0 Å². The number of aromatic nitrogens is 1. The summed E-state index contributed by atoms with van der Waals surface area (Å²) in [7, 11) is 0. The molecule has 0 fully saturated rings. The quantitative estimate of drug-likeness (QED) is 0.587. The van der Waals surface area contributed by atoms with Crippen molar-refractivity contribution in [1.82, 2.24) is 4.98 Å². The Morgan fingerprint density at radius 2 is 2.05 bits per heavy atom. The molecule has 2 aromatic rings. The number of hydrogen-bond donors (Lipinski definition) is 3. The van der Waals surface area contributed by atoms with Gasteiger partial charge in [-0.05, 0) is 24.6 Å². The summed E-state index contributed by atoms with van der Waals surface area (Å²) in [5, 5.41) is 22.0. The maximum atomic E-state index is 12.0. The molecule has 0 aliphatic heterocycles. The van der Waals surface area contributed by atoms with Gasteiger partial charge in [0.25, 0.3) is 11.6 Å². The van der Waals surface area contributed by atoms with Gasteiger partial charge in [-0.2, -0.15) is 0 Å². The topological polar surface area (TPSA) is 125 Å². The van der Waals surface area contributed by atoms with E-state index in [1.54, 1.807) is 13.0 Å². The minimum atomic E-state index is -1.11. The molecule has 0 saturated carbocycles. The number of carboxylic acid groups (broad SMARTS) is 1. The van der Waals surface area contributed by atoms with Crippen LogP contribution in [0.3, 0.4) is 0 Å². The van der Waals surface area contributed by atoms with E-state index in [0.29, 0.717) is 11.3 Å². The minimum Gasteiger partial charge on any atom is -0.478 e. The van der Waals surface area contributed by atoms with Crippen molar-refractivity contribution in [2.45, 2.75) is 6.92 Å². The standard InChI is InChI=1S/C13H11N3O5/c1-7-2-3-8(13(18)19)4-10(7)15-12(17)11-5-9(6-14-11)16(20)21/h2-6,14H,1H3,(H,15,17)(H,18,19). The van der Waals surface area contributed by atoms with E-state index < -0.39 is 16.8 Å². The molecule has 0 saturated heterocycles. The second kappa shape index (κ2) is 5.45. The number of anilines is 1. The van der Waals surface area contributed by atoms with Gasteiger partial charge in [-0.1, -0.05) is 6.07 Å². The second-order valence-electron chi connectivity index (χ2n) is 4.32. The molecule has 8 nitrogen and oxygen atoms in total. The van der Waals surface area contributed by atoms with Crippen LogP contribution in [0.4, 0.5) is 11.4 Å². The number of H-pyrrole nitrogens is 1. The number of carbonyl (C=O) groups is 2. The number of amides is 1. The van der Waals surface area contributed by atoms with Crippen LogP contribution in [0.25, 0.3) is 0 Å². The fourth-order valence-electron chi connectivity index (χ4n) is 1.70. The van der Waals surface area contributed by atoms with Gasteiger partial charge in [0, 0.05) is 11.8 Å². The average Bonchev–Trinajstić information content (AvgIpc) is 2.90. The molecule has 0 bridgehead atoms. The molecule has 2 rings (SSSR count). The molecule has 0 radical (unpaired) electrons. The van der Waals surface area contributed by atoms with Gasteiger partial charge in [0.15, 0.2) is 0 Å². The Labute approximate surface area is 118 Å². The first-order valence-corrected chi connectivity index (χ1v) is 5.86. The van der Waals surface area contributed by atoms with Gasteiger partial charge in [0.05, 0.1) is 16.7 Å². The first kappa shape index (κ1) is 14.3. The number of carboxylic acids is 1. The van der Waals surface area contributed by atoms with Crippen molar-refractivity contribution in [2.24, 2.45) is 0 Å². The summed E-state index contributed by atoms with van der Waals surface area (Å²) in [5.41, 5.74) is 0.831.